The molecule has 1 aromatic heterocycles. The molecule has 110 valence electrons. The number of piperidine rings is 1. The van der Waals surface area contributed by atoms with E-state index in [-0.39, 0.29) is 11.4 Å². The standard InChI is InChI=1S/C16H20N4O/c1-19-7-3-2-6-16(19)10-20(11-16)15(21)12-4-5-14-13(8-12)9-17-18-14/h4-5,8-9H,2-3,6-7,10-11H2,1H3,(H,17,18). The lowest BCUT2D eigenvalue weighted by atomic mass is 9.80. The average molecular weight is 284 g/mol. The molecule has 21 heavy (non-hydrogen) atoms. The molecule has 1 aromatic carbocycles. The molecular weight excluding hydrogens is 264 g/mol. The number of aromatic nitrogens is 2. The minimum absolute atomic E-state index is 0.141. The minimum Gasteiger partial charge on any atom is -0.335 e. The highest BCUT2D eigenvalue weighted by Gasteiger charge is 2.48. The van der Waals surface area contributed by atoms with E-state index in [1.807, 2.05) is 23.1 Å². The number of carbonyl (C=O) groups excluding carboxylic acids is 1. The Morgan fingerprint density at radius 3 is 3.00 bits per heavy atom. The quantitative estimate of drug-likeness (QED) is 0.870. The number of nitrogens with zero attached hydrogens (tertiary/aromatic N) is 3. The van der Waals surface area contributed by atoms with Crippen molar-refractivity contribution in [3.8, 4) is 0 Å². The molecule has 0 saturated carbocycles. The summed E-state index contributed by atoms with van der Waals surface area (Å²) in [7, 11) is 2.19. The number of aromatic amines is 1. The average Bonchev–Trinajstić information content (AvgIpc) is 2.92. The molecule has 0 bridgehead atoms. The number of likely N-dealkylation sites (tertiary alicyclic amines) is 2. The zero-order valence-corrected chi connectivity index (χ0v) is 12.3. The highest BCUT2D eigenvalue weighted by Crippen LogP contribution is 2.36. The predicted octanol–water partition coefficient (Wildman–Crippen LogP) is 1.87. The largest absolute Gasteiger partial charge is 0.335 e. The second-order valence-corrected chi connectivity index (χ2v) is 6.44. The summed E-state index contributed by atoms with van der Waals surface area (Å²) in [5.41, 5.74) is 1.98. The Morgan fingerprint density at radius 2 is 2.19 bits per heavy atom. The van der Waals surface area contributed by atoms with Crippen LogP contribution in [0.1, 0.15) is 29.6 Å². The molecule has 5 heteroatoms. The molecule has 2 aliphatic heterocycles. The van der Waals surface area contributed by atoms with Crippen LogP contribution < -0.4 is 0 Å². The number of amides is 1. The molecule has 2 saturated heterocycles. The molecular formula is C16H20N4O. The van der Waals surface area contributed by atoms with Crippen molar-refractivity contribution in [2.45, 2.75) is 24.8 Å². The van der Waals surface area contributed by atoms with Gasteiger partial charge in [0, 0.05) is 24.0 Å². The Bertz CT molecular complexity index is 686. The van der Waals surface area contributed by atoms with Crippen LogP contribution in [0.25, 0.3) is 10.9 Å². The van der Waals surface area contributed by atoms with Gasteiger partial charge < -0.3 is 4.90 Å². The number of nitrogens with one attached hydrogen (secondary N) is 1. The Labute approximate surface area is 123 Å². The summed E-state index contributed by atoms with van der Waals surface area (Å²) in [5, 5.41) is 7.91. The topological polar surface area (TPSA) is 52.2 Å². The molecule has 2 aromatic rings. The molecule has 0 aliphatic carbocycles. The van der Waals surface area contributed by atoms with E-state index in [2.05, 4.69) is 22.1 Å². The maximum atomic E-state index is 12.6. The van der Waals surface area contributed by atoms with Crippen molar-refractivity contribution >= 4 is 16.8 Å². The lowest BCUT2D eigenvalue weighted by Gasteiger charge is -2.57. The van der Waals surface area contributed by atoms with Gasteiger partial charge in [-0.1, -0.05) is 6.42 Å². The molecule has 4 rings (SSSR count). The van der Waals surface area contributed by atoms with E-state index in [1.165, 1.54) is 19.3 Å². The van der Waals surface area contributed by atoms with Crippen molar-refractivity contribution in [3.05, 3.63) is 30.0 Å². The summed E-state index contributed by atoms with van der Waals surface area (Å²) in [6.45, 7) is 2.89. The molecule has 1 spiro atoms. The van der Waals surface area contributed by atoms with Crippen LogP contribution in [0.3, 0.4) is 0 Å². The first-order valence-corrected chi connectivity index (χ1v) is 7.62. The van der Waals surface area contributed by atoms with Gasteiger partial charge >= 0.3 is 0 Å². The van der Waals surface area contributed by atoms with Crippen LogP contribution in [0.15, 0.2) is 24.4 Å². The number of likely N-dealkylation sites (N-methyl/N-ethyl adjacent to an activating group) is 1. The van der Waals surface area contributed by atoms with E-state index in [4.69, 9.17) is 0 Å². The van der Waals surface area contributed by atoms with Gasteiger partial charge in [-0.25, -0.2) is 0 Å². The fraction of sp³-hybridized carbons (Fsp3) is 0.500. The molecule has 1 N–H and O–H groups in total. The summed E-state index contributed by atoms with van der Waals surface area (Å²) in [4.78, 5) is 17.0. The first-order chi connectivity index (χ1) is 10.2. The van der Waals surface area contributed by atoms with Gasteiger partial charge in [0.1, 0.15) is 0 Å². The number of fused-ring (bicyclic) bond motifs is 1. The van der Waals surface area contributed by atoms with Crippen LogP contribution in [-0.2, 0) is 0 Å². The van der Waals surface area contributed by atoms with Crippen LogP contribution in [0.4, 0.5) is 0 Å². The van der Waals surface area contributed by atoms with Gasteiger partial charge in [0.25, 0.3) is 5.91 Å². The molecule has 0 atom stereocenters. The Hall–Kier alpha value is -1.88. The van der Waals surface area contributed by atoms with Crippen LogP contribution in [0.5, 0.6) is 0 Å². The van der Waals surface area contributed by atoms with E-state index in [0.29, 0.717) is 0 Å². The normalized spacial score (nSPS) is 21.7. The third-order valence-electron chi connectivity index (χ3n) is 5.14. The van der Waals surface area contributed by atoms with Gasteiger partial charge in [-0.2, -0.15) is 5.10 Å². The Morgan fingerprint density at radius 1 is 1.33 bits per heavy atom. The SMILES string of the molecule is CN1CCCCC12CN(C(=O)c1ccc3[nH]ncc3c1)C2. The van der Waals surface area contributed by atoms with Gasteiger partial charge in [0.05, 0.1) is 17.3 Å². The third-order valence-corrected chi connectivity index (χ3v) is 5.14. The van der Waals surface area contributed by atoms with Crippen LogP contribution in [0, 0.1) is 0 Å². The summed E-state index contributed by atoms with van der Waals surface area (Å²) in [6, 6.07) is 5.74. The summed E-state index contributed by atoms with van der Waals surface area (Å²) < 4.78 is 0. The van der Waals surface area contributed by atoms with E-state index in [1.54, 1.807) is 6.20 Å². The third kappa shape index (κ3) is 1.95. The Balaban J connectivity index is 1.51. The van der Waals surface area contributed by atoms with Gasteiger partial charge in [-0.05, 0) is 44.6 Å². The Kier molecular flexibility index (Phi) is 2.79. The number of rotatable bonds is 1. The van der Waals surface area contributed by atoms with Crippen molar-refractivity contribution in [1.29, 1.82) is 0 Å². The van der Waals surface area contributed by atoms with Crippen molar-refractivity contribution in [1.82, 2.24) is 20.0 Å². The van der Waals surface area contributed by atoms with Gasteiger partial charge in [0.15, 0.2) is 0 Å². The first kappa shape index (κ1) is 12.8. The van der Waals surface area contributed by atoms with Crippen molar-refractivity contribution in [2.75, 3.05) is 26.7 Å². The summed E-state index contributed by atoms with van der Waals surface area (Å²) in [6.07, 6.45) is 5.55. The van der Waals surface area contributed by atoms with Gasteiger partial charge in [-0.15, -0.1) is 0 Å². The monoisotopic (exact) mass is 284 g/mol. The van der Waals surface area contributed by atoms with Crippen LogP contribution >= 0.6 is 0 Å². The lowest BCUT2D eigenvalue weighted by Crippen LogP contribution is -2.71. The fourth-order valence-electron chi connectivity index (χ4n) is 3.70. The number of hydrogen-bond acceptors (Lipinski definition) is 3. The molecule has 0 radical (unpaired) electrons. The second kappa shape index (κ2) is 4.56. The smallest absolute Gasteiger partial charge is 0.254 e. The van der Waals surface area contributed by atoms with Crippen molar-refractivity contribution in [3.63, 3.8) is 0 Å². The van der Waals surface area contributed by atoms with Crippen molar-refractivity contribution < 1.29 is 4.79 Å². The fourth-order valence-corrected chi connectivity index (χ4v) is 3.70. The van der Waals surface area contributed by atoms with E-state index in [0.717, 1.165) is 36.1 Å². The number of H-pyrrole nitrogens is 1. The first-order valence-electron chi connectivity index (χ1n) is 7.62. The minimum atomic E-state index is 0.141. The zero-order valence-electron chi connectivity index (χ0n) is 12.3. The lowest BCUT2D eigenvalue weighted by molar-refractivity contribution is -0.0495. The molecule has 5 nitrogen and oxygen atoms in total. The van der Waals surface area contributed by atoms with E-state index < -0.39 is 0 Å². The predicted molar refractivity (Wildman–Crippen MR) is 81.2 cm³/mol. The molecule has 2 aliphatic rings. The molecule has 2 fully saturated rings. The van der Waals surface area contributed by atoms with Crippen molar-refractivity contribution in [2.24, 2.45) is 0 Å². The molecule has 1 amide bonds. The summed E-state index contributed by atoms with van der Waals surface area (Å²) in [5.74, 6) is 0.141. The highest BCUT2D eigenvalue weighted by molar-refractivity contribution is 5.98. The molecule has 0 unspecified atom stereocenters. The van der Waals surface area contributed by atoms with Crippen LogP contribution in [0.2, 0.25) is 0 Å². The number of carbonyl (C=O) groups is 1. The molecule has 3 heterocycles. The summed E-state index contributed by atoms with van der Waals surface area (Å²) >= 11 is 0. The second-order valence-electron chi connectivity index (χ2n) is 6.44. The van der Waals surface area contributed by atoms with E-state index >= 15 is 0 Å². The number of benzene rings is 1. The maximum absolute atomic E-state index is 12.6. The number of hydrogen-bond donors (Lipinski definition) is 1. The van der Waals surface area contributed by atoms with Gasteiger partial charge in [-0.3, -0.25) is 14.8 Å². The maximum Gasteiger partial charge on any atom is 0.254 e. The van der Waals surface area contributed by atoms with Gasteiger partial charge in [0.2, 0.25) is 0 Å². The van der Waals surface area contributed by atoms with Crippen LogP contribution in [-0.4, -0.2) is 58.1 Å². The zero-order chi connectivity index (χ0) is 14.4. The highest BCUT2D eigenvalue weighted by atomic mass is 16.2. The van der Waals surface area contributed by atoms with E-state index in [9.17, 15) is 4.79 Å².